The van der Waals surface area contributed by atoms with E-state index in [1.54, 1.807) is 30.3 Å². The first kappa shape index (κ1) is 20.4. The lowest BCUT2D eigenvalue weighted by Gasteiger charge is -2.12. The molecule has 0 spiro atoms. The average molecular weight is 432 g/mol. The van der Waals surface area contributed by atoms with E-state index in [0.29, 0.717) is 27.8 Å². The molecule has 154 valence electrons. The molecule has 0 fully saturated rings. The molecule has 0 heterocycles. The number of benzene rings is 4. The number of azo groups is 1. The number of rotatable bonds is 4. The van der Waals surface area contributed by atoms with Crippen molar-refractivity contribution in [1.82, 2.24) is 0 Å². The Balaban J connectivity index is 1.78. The van der Waals surface area contributed by atoms with E-state index in [-0.39, 0.29) is 22.1 Å². The number of anilines is 1. The predicted octanol–water partition coefficient (Wildman–Crippen LogP) is 6.88. The van der Waals surface area contributed by atoms with E-state index in [0.717, 1.165) is 5.56 Å². The number of carbonyl (C=O) groups is 1. The molecule has 0 aliphatic heterocycles. The summed E-state index contributed by atoms with van der Waals surface area (Å²) in [4.78, 5) is 13.0. The monoisotopic (exact) mass is 431 g/mol. The number of para-hydroxylation sites is 1. The number of aromatic hydroxyl groups is 2. The Morgan fingerprint density at radius 1 is 0.871 bits per heavy atom. The normalized spacial score (nSPS) is 11.2. The molecule has 0 radical (unpaired) electrons. The molecule has 0 saturated carbocycles. The highest BCUT2D eigenvalue weighted by molar-refractivity contribution is 6.33. The molecule has 0 aromatic heterocycles. The van der Waals surface area contributed by atoms with E-state index >= 15 is 0 Å². The zero-order chi connectivity index (χ0) is 22.0. The third-order valence-corrected chi connectivity index (χ3v) is 5.13. The van der Waals surface area contributed by atoms with Gasteiger partial charge >= 0.3 is 0 Å². The molecule has 31 heavy (non-hydrogen) atoms. The number of hydrogen-bond acceptors (Lipinski definition) is 5. The molecule has 0 unspecified atom stereocenters. The van der Waals surface area contributed by atoms with Gasteiger partial charge in [-0.15, -0.1) is 10.2 Å². The number of hydrogen-bond donors (Lipinski definition) is 3. The van der Waals surface area contributed by atoms with Crippen molar-refractivity contribution in [2.24, 2.45) is 10.2 Å². The fourth-order valence-corrected chi connectivity index (χ4v) is 3.40. The van der Waals surface area contributed by atoms with E-state index in [1.165, 1.54) is 24.3 Å². The van der Waals surface area contributed by atoms with Gasteiger partial charge in [0.1, 0.15) is 17.2 Å². The maximum atomic E-state index is 13.0. The fourth-order valence-electron chi connectivity index (χ4n) is 3.18. The molecule has 4 aromatic rings. The zero-order valence-corrected chi connectivity index (χ0v) is 17.3. The second kappa shape index (κ2) is 8.45. The van der Waals surface area contributed by atoms with Crippen LogP contribution in [0, 0.1) is 6.92 Å². The van der Waals surface area contributed by atoms with Crippen molar-refractivity contribution in [3.63, 3.8) is 0 Å². The van der Waals surface area contributed by atoms with Gasteiger partial charge in [0.05, 0.1) is 16.3 Å². The Kier molecular flexibility index (Phi) is 5.56. The van der Waals surface area contributed by atoms with Crippen molar-refractivity contribution in [2.75, 3.05) is 5.32 Å². The maximum Gasteiger partial charge on any atom is 0.259 e. The third kappa shape index (κ3) is 4.20. The van der Waals surface area contributed by atoms with Crippen molar-refractivity contribution in [2.45, 2.75) is 6.92 Å². The lowest BCUT2D eigenvalue weighted by molar-refractivity contribution is 0.102. The summed E-state index contributed by atoms with van der Waals surface area (Å²) < 4.78 is 0. The Morgan fingerprint density at radius 3 is 2.29 bits per heavy atom. The second-order valence-electron chi connectivity index (χ2n) is 6.94. The molecule has 7 heteroatoms. The van der Waals surface area contributed by atoms with Crippen LogP contribution in [0.2, 0.25) is 5.02 Å². The van der Waals surface area contributed by atoms with Crippen molar-refractivity contribution in [3.05, 3.63) is 88.9 Å². The second-order valence-corrected chi connectivity index (χ2v) is 7.35. The molecular weight excluding hydrogens is 414 g/mol. The van der Waals surface area contributed by atoms with Gasteiger partial charge in [-0.05, 0) is 36.8 Å². The SMILES string of the molecule is Cc1ccccc1NC(=O)c1cc(N=Nc2ccc(O)cc2Cl)c2ccccc2c1O. The molecule has 0 aliphatic carbocycles. The predicted molar refractivity (Wildman–Crippen MR) is 122 cm³/mol. The summed E-state index contributed by atoms with van der Waals surface area (Å²) in [5.41, 5.74) is 2.39. The van der Waals surface area contributed by atoms with E-state index in [9.17, 15) is 15.0 Å². The van der Waals surface area contributed by atoms with Gasteiger partial charge in [-0.3, -0.25) is 4.79 Å². The van der Waals surface area contributed by atoms with Crippen LogP contribution in [-0.2, 0) is 0 Å². The van der Waals surface area contributed by atoms with Crippen LogP contribution in [0.5, 0.6) is 11.5 Å². The summed E-state index contributed by atoms with van der Waals surface area (Å²) in [5, 5.41) is 32.9. The van der Waals surface area contributed by atoms with Crippen LogP contribution >= 0.6 is 11.6 Å². The van der Waals surface area contributed by atoms with Gasteiger partial charge in [-0.25, -0.2) is 0 Å². The van der Waals surface area contributed by atoms with Crippen LogP contribution in [0.1, 0.15) is 15.9 Å². The highest BCUT2D eigenvalue weighted by Gasteiger charge is 2.18. The first-order valence-corrected chi connectivity index (χ1v) is 9.84. The molecule has 0 aliphatic rings. The quantitative estimate of drug-likeness (QED) is 0.307. The minimum Gasteiger partial charge on any atom is -0.508 e. The Labute approximate surface area is 183 Å². The van der Waals surface area contributed by atoms with E-state index in [2.05, 4.69) is 15.5 Å². The smallest absolute Gasteiger partial charge is 0.259 e. The topological polar surface area (TPSA) is 94.3 Å². The van der Waals surface area contributed by atoms with Crippen LogP contribution in [0.4, 0.5) is 17.1 Å². The number of halogens is 1. The summed E-state index contributed by atoms with van der Waals surface area (Å²) >= 11 is 6.11. The number of phenols is 2. The van der Waals surface area contributed by atoms with E-state index in [4.69, 9.17) is 11.6 Å². The third-order valence-electron chi connectivity index (χ3n) is 4.83. The summed E-state index contributed by atoms with van der Waals surface area (Å²) in [7, 11) is 0. The first-order valence-electron chi connectivity index (χ1n) is 9.46. The van der Waals surface area contributed by atoms with Crippen LogP contribution in [0.15, 0.2) is 83.0 Å². The van der Waals surface area contributed by atoms with Gasteiger partial charge < -0.3 is 15.5 Å². The minimum absolute atomic E-state index is 0.0224. The van der Waals surface area contributed by atoms with Gasteiger partial charge in [0.25, 0.3) is 5.91 Å². The van der Waals surface area contributed by atoms with Gasteiger partial charge in [-0.2, -0.15) is 0 Å². The molecule has 0 bridgehead atoms. The highest BCUT2D eigenvalue weighted by Crippen LogP contribution is 2.38. The molecular formula is C24H18ClN3O3. The van der Waals surface area contributed by atoms with Crippen molar-refractivity contribution in [3.8, 4) is 11.5 Å². The maximum absolute atomic E-state index is 13.0. The summed E-state index contributed by atoms with van der Waals surface area (Å²) in [6.45, 7) is 1.89. The molecule has 3 N–H and O–H groups in total. The number of amides is 1. The molecule has 0 atom stereocenters. The number of phenolic OH excluding ortho intramolecular Hbond substituents is 2. The highest BCUT2D eigenvalue weighted by atomic mass is 35.5. The number of carbonyl (C=O) groups excluding carboxylic acids is 1. The van der Waals surface area contributed by atoms with E-state index < -0.39 is 5.91 Å². The summed E-state index contributed by atoms with van der Waals surface area (Å²) in [5.74, 6) is -0.575. The average Bonchev–Trinajstić information content (AvgIpc) is 2.76. The number of nitrogens with one attached hydrogen (secondary N) is 1. The molecule has 4 rings (SSSR count). The molecule has 0 saturated heterocycles. The minimum atomic E-state index is -0.461. The van der Waals surface area contributed by atoms with Crippen molar-refractivity contribution < 1.29 is 15.0 Å². The first-order chi connectivity index (χ1) is 14.9. The van der Waals surface area contributed by atoms with Gasteiger partial charge in [0.2, 0.25) is 0 Å². The lowest BCUT2D eigenvalue weighted by Crippen LogP contribution is -2.13. The largest absolute Gasteiger partial charge is 0.508 e. The lowest BCUT2D eigenvalue weighted by atomic mass is 10.0. The number of aryl methyl sites for hydroxylation is 1. The van der Waals surface area contributed by atoms with Crippen molar-refractivity contribution in [1.29, 1.82) is 0 Å². The Morgan fingerprint density at radius 2 is 1.55 bits per heavy atom. The molecule has 1 amide bonds. The molecule has 6 nitrogen and oxygen atoms in total. The van der Waals surface area contributed by atoms with Crippen LogP contribution in [0.25, 0.3) is 10.8 Å². The Hall–Kier alpha value is -3.90. The summed E-state index contributed by atoms with van der Waals surface area (Å²) in [6.07, 6.45) is 0. The standard InChI is InChI=1S/C24H18ClN3O3/c1-14-6-2-5-9-20(14)26-24(31)18-13-22(16-7-3-4-8-17(16)23(18)30)28-27-21-11-10-15(29)12-19(21)25/h2-13,29-30H,1H3,(H,26,31). The summed E-state index contributed by atoms with van der Waals surface area (Å²) in [6, 6.07) is 20.3. The van der Waals surface area contributed by atoms with Crippen molar-refractivity contribution >= 4 is 45.3 Å². The van der Waals surface area contributed by atoms with Crippen LogP contribution in [0.3, 0.4) is 0 Å². The van der Waals surface area contributed by atoms with Crippen LogP contribution < -0.4 is 5.32 Å². The van der Waals surface area contributed by atoms with Gasteiger partial charge in [-0.1, -0.05) is 54.1 Å². The number of nitrogens with zero attached hydrogens (tertiary/aromatic N) is 2. The van der Waals surface area contributed by atoms with Gasteiger partial charge in [0, 0.05) is 22.5 Å². The Bertz CT molecular complexity index is 1340. The van der Waals surface area contributed by atoms with Crippen LogP contribution in [-0.4, -0.2) is 16.1 Å². The zero-order valence-electron chi connectivity index (χ0n) is 16.5. The van der Waals surface area contributed by atoms with Gasteiger partial charge in [0.15, 0.2) is 0 Å². The molecule has 4 aromatic carbocycles. The fraction of sp³-hybridized carbons (Fsp3) is 0.0417. The van der Waals surface area contributed by atoms with E-state index in [1.807, 2.05) is 25.1 Å². The number of fused-ring (bicyclic) bond motifs is 1.